The Bertz CT molecular complexity index is 1590. The highest BCUT2D eigenvalue weighted by Gasteiger charge is 2.46. The van der Waals surface area contributed by atoms with Gasteiger partial charge in [-0.05, 0) is 202 Å². The zero-order valence-electron chi connectivity index (χ0n) is 31.9. The van der Waals surface area contributed by atoms with Crippen LogP contribution in [-0.2, 0) is 25.7 Å². The van der Waals surface area contributed by atoms with E-state index in [1.165, 1.54) is 73.6 Å². The zero-order chi connectivity index (χ0) is 36.6. The fourth-order valence-electron chi connectivity index (χ4n) is 10.2. The predicted octanol–water partition coefficient (Wildman–Crippen LogP) is 11.4. The van der Waals surface area contributed by atoms with E-state index in [9.17, 15) is 20.4 Å². The number of benzene rings is 4. The van der Waals surface area contributed by atoms with Crippen LogP contribution in [0.2, 0.25) is 0 Å². The van der Waals surface area contributed by atoms with Crippen LogP contribution in [0, 0.1) is 55.8 Å². The van der Waals surface area contributed by atoms with Gasteiger partial charge in [-0.2, -0.15) is 0 Å². The minimum Gasteiger partial charge on any atom is -0.508 e. The molecule has 4 nitrogen and oxygen atoms in total. The minimum absolute atomic E-state index is 0.144. The van der Waals surface area contributed by atoms with Crippen molar-refractivity contribution in [3.8, 4) is 23.0 Å². The second-order valence-electron chi connectivity index (χ2n) is 17.6. The van der Waals surface area contributed by atoms with Gasteiger partial charge < -0.3 is 20.4 Å². The maximum absolute atomic E-state index is 10.2. The second-order valence-corrected chi connectivity index (χ2v) is 17.6. The van der Waals surface area contributed by atoms with Crippen molar-refractivity contribution in [1.82, 2.24) is 0 Å². The molecule has 4 aromatic carbocycles. The molecule has 2 aliphatic rings. The van der Waals surface area contributed by atoms with E-state index in [1.54, 1.807) is 0 Å². The smallest absolute Gasteiger partial charge is 0.118 e. The maximum Gasteiger partial charge on any atom is 0.118 e. The molecule has 4 aromatic rings. The van der Waals surface area contributed by atoms with Crippen LogP contribution in [0.15, 0.2) is 72.8 Å². The number of phenolic OH excluding ortho intramolecular Hbond substituents is 4. The van der Waals surface area contributed by atoms with E-state index in [0.29, 0.717) is 34.8 Å². The largest absolute Gasteiger partial charge is 0.508 e. The normalized spacial score (nSPS) is 18.2. The van der Waals surface area contributed by atoms with Crippen LogP contribution in [-0.4, -0.2) is 20.4 Å². The van der Waals surface area contributed by atoms with Gasteiger partial charge in [0.25, 0.3) is 0 Å². The summed E-state index contributed by atoms with van der Waals surface area (Å²) in [7, 11) is 0. The van der Waals surface area contributed by atoms with Crippen molar-refractivity contribution in [2.45, 2.75) is 119 Å². The molecular weight excluding hydrogens is 629 g/mol. The molecule has 0 spiro atoms. The Labute approximate surface area is 306 Å². The molecule has 4 heteroatoms. The van der Waals surface area contributed by atoms with Gasteiger partial charge >= 0.3 is 0 Å². The third kappa shape index (κ3) is 8.27. The van der Waals surface area contributed by atoms with E-state index >= 15 is 0 Å². The quantitative estimate of drug-likeness (QED) is 0.134. The molecule has 0 saturated heterocycles. The summed E-state index contributed by atoms with van der Waals surface area (Å²) in [5.74, 6) is 2.79. The van der Waals surface area contributed by atoms with Crippen molar-refractivity contribution >= 4 is 0 Å². The van der Waals surface area contributed by atoms with Gasteiger partial charge in [-0.15, -0.1) is 0 Å². The highest BCUT2D eigenvalue weighted by molar-refractivity contribution is 5.39. The standard InChI is InChI=1S/C47H60O4/c1-31-23-35(7-11-41(31)48)27-46(28-36-8-12-42(49)32(2)24-36)19-15-39(16-20-46)45(5,6)40-17-21-47(22-18-40,29-37-9-13-43(50)33(3)25-37)30-38-10-14-44(51)34(4)26-38/h7-14,23-26,39-40,48-51H,15-22,27-30H2,1-6H3. The second kappa shape index (κ2) is 14.6. The Morgan fingerprint density at radius 1 is 0.451 bits per heavy atom. The molecule has 2 aliphatic carbocycles. The van der Waals surface area contributed by atoms with Crippen LogP contribution in [0.1, 0.15) is 110 Å². The van der Waals surface area contributed by atoms with Crippen molar-refractivity contribution in [2.75, 3.05) is 0 Å². The lowest BCUT2D eigenvalue weighted by molar-refractivity contribution is 0.00146. The number of aromatic hydroxyl groups is 4. The third-order valence-electron chi connectivity index (χ3n) is 13.6. The molecule has 0 atom stereocenters. The Kier molecular flexibility index (Phi) is 10.6. The molecule has 4 N–H and O–H groups in total. The lowest BCUT2D eigenvalue weighted by Crippen LogP contribution is -2.42. The average Bonchev–Trinajstić information content (AvgIpc) is 3.08. The van der Waals surface area contributed by atoms with Gasteiger partial charge in [0, 0.05) is 0 Å². The number of phenols is 4. The number of hydrogen-bond donors (Lipinski definition) is 4. The molecule has 2 saturated carbocycles. The lowest BCUT2D eigenvalue weighted by Gasteiger charge is -2.51. The highest BCUT2D eigenvalue weighted by Crippen LogP contribution is 2.56. The molecule has 6 rings (SSSR count). The molecule has 0 radical (unpaired) electrons. The highest BCUT2D eigenvalue weighted by atomic mass is 16.3. The van der Waals surface area contributed by atoms with Gasteiger partial charge in [-0.25, -0.2) is 0 Å². The molecule has 51 heavy (non-hydrogen) atoms. The Balaban J connectivity index is 1.18. The van der Waals surface area contributed by atoms with Crippen molar-refractivity contribution in [1.29, 1.82) is 0 Å². The summed E-state index contributed by atoms with van der Waals surface area (Å²) in [6.45, 7) is 13.1. The molecule has 0 aromatic heterocycles. The average molecular weight is 689 g/mol. The maximum atomic E-state index is 10.2. The zero-order valence-corrected chi connectivity index (χ0v) is 31.9. The molecule has 0 bridgehead atoms. The summed E-state index contributed by atoms with van der Waals surface area (Å²) in [5, 5.41) is 40.9. The van der Waals surface area contributed by atoms with Gasteiger partial charge in [-0.3, -0.25) is 0 Å². The van der Waals surface area contributed by atoms with Crippen LogP contribution < -0.4 is 0 Å². The van der Waals surface area contributed by atoms with E-state index in [1.807, 2.05) is 52.0 Å². The molecular formula is C47H60O4. The van der Waals surface area contributed by atoms with Gasteiger partial charge in [0.05, 0.1) is 0 Å². The van der Waals surface area contributed by atoms with E-state index < -0.39 is 0 Å². The Morgan fingerprint density at radius 3 is 0.902 bits per heavy atom. The first-order valence-corrected chi connectivity index (χ1v) is 19.3. The fraction of sp³-hybridized carbons (Fsp3) is 0.489. The van der Waals surface area contributed by atoms with Gasteiger partial charge in [0.2, 0.25) is 0 Å². The summed E-state index contributed by atoms with van der Waals surface area (Å²) < 4.78 is 0. The topological polar surface area (TPSA) is 80.9 Å². The molecule has 0 unspecified atom stereocenters. The summed E-state index contributed by atoms with van der Waals surface area (Å²) in [6.07, 6.45) is 13.6. The van der Waals surface area contributed by atoms with E-state index in [2.05, 4.69) is 62.4 Å². The first kappa shape index (κ1) is 36.9. The van der Waals surface area contributed by atoms with Crippen molar-refractivity contribution in [3.05, 3.63) is 117 Å². The number of hydrogen-bond acceptors (Lipinski definition) is 4. The summed E-state index contributed by atoms with van der Waals surface area (Å²) in [4.78, 5) is 0. The Morgan fingerprint density at radius 2 is 0.686 bits per heavy atom. The van der Waals surface area contributed by atoms with Crippen molar-refractivity contribution in [2.24, 2.45) is 28.1 Å². The van der Waals surface area contributed by atoms with Crippen molar-refractivity contribution in [3.63, 3.8) is 0 Å². The third-order valence-corrected chi connectivity index (χ3v) is 13.6. The number of rotatable bonds is 10. The molecule has 0 heterocycles. The van der Waals surface area contributed by atoms with Crippen LogP contribution >= 0.6 is 0 Å². The fourth-order valence-corrected chi connectivity index (χ4v) is 10.2. The van der Waals surface area contributed by atoms with Crippen LogP contribution in [0.4, 0.5) is 0 Å². The number of aryl methyl sites for hydroxylation is 4. The van der Waals surface area contributed by atoms with Gasteiger partial charge in [-0.1, -0.05) is 62.4 Å². The van der Waals surface area contributed by atoms with E-state index in [-0.39, 0.29) is 16.2 Å². The molecule has 2 fully saturated rings. The van der Waals surface area contributed by atoms with Crippen molar-refractivity contribution < 1.29 is 20.4 Å². The predicted molar refractivity (Wildman–Crippen MR) is 209 cm³/mol. The van der Waals surface area contributed by atoms with Gasteiger partial charge in [0.15, 0.2) is 0 Å². The molecule has 272 valence electrons. The van der Waals surface area contributed by atoms with Crippen LogP contribution in [0.5, 0.6) is 23.0 Å². The minimum atomic E-state index is 0.144. The van der Waals surface area contributed by atoms with Crippen LogP contribution in [0.3, 0.4) is 0 Å². The van der Waals surface area contributed by atoms with E-state index in [0.717, 1.165) is 47.9 Å². The monoisotopic (exact) mass is 688 g/mol. The SMILES string of the molecule is Cc1cc(CC2(Cc3ccc(O)c(C)c3)CCC(C(C)(C)C3CCC(Cc4ccc(O)c(C)c4)(Cc4ccc(O)c(C)c4)CC3)CC2)ccc1O. The molecule has 0 amide bonds. The summed E-state index contributed by atoms with van der Waals surface area (Å²) in [5.41, 5.74) is 9.48. The summed E-state index contributed by atoms with van der Waals surface area (Å²) in [6, 6.07) is 24.5. The molecule has 0 aliphatic heterocycles. The first-order chi connectivity index (χ1) is 24.2. The van der Waals surface area contributed by atoms with E-state index in [4.69, 9.17) is 0 Å². The van der Waals surface area contributed by atoms with Gasteiger partial charge in [0.1, 0.15) is 23.0 Å². The Hall–Kier alpha value is -3.92. The lowest BCUT2D eigenvalue weighted by atomic mass is 9.53. The van der Waals surface area contributed by atoms with Crippen LogP contribution in [0.25, 0.3) is 0 Å². The summed E-state index contributed by atoms with van der Waals surface area (Å²) >= 11 is 0. The first-order valence-electron chi connectivity index (χ1n) is 19.3.